The Labute approximate surface area is 155 Å². The maximum atomic E-state index is 12.7. The Morgan fingerprint density at radius 1 is 1.19 bits per heavy atom. The molecule has 0 saturated carbocycles. The lowest BCUT2D eigenvalue weighted by molar-refractivity contribution is 0.0525. The van der Waals surface area contributed by atoms with Crippen LogP contribution in [0.15, 0.2) is 35.6 Å². The molecule has 0 bridgehead atoms. The summed E-state index contributed by atoms with van der Waals surface area (Å²) >= 11 is 1.36. The minimum absolute atomic E-state index is 0.0890. The van der Waals surface area contributed by atoms with Crippen LogP contribution in [0.4, 0.5) is 0 Å². The lowest BCUT2D eigenvalue weighted by Crippen LogP contribution is -2.08. The van der Waals surface area contributed by atoms with Crippen molar-refractivity contribution in [1.29, 1.82) is 0 Å². The maximum absolute atomic E-state index is 12.7. The molecule has 0 unspecified atom stereocenters. The van der Waals surface area contributed by atoms with Gasteiger partial charge in [0.25, 0.3) is 0 Å². The molecule has 0 fully saturated rings. The van der Waals surface area contributed by atoms with Crippen LogP contribution in [0.2, 0.25) is 0 Å². The van der Waals surface area contributed by atoms with Crippen LogP contribution in [0.1, 0.15) is 39.0 Å². The molecule has 1 N–H and O–H groups in total. The Hall–Kier alpha value is -2.67. The first-order valence-corrected chi connectivity index (χ1v) is 9.23. The van der Waals surface area contributed by atoms with Gasteiger partial charge in [-0.15, -0.1) is 0 Å². The van der Waals surface area contributed by atoms with Gasteiger partial charge < -0.3 is 9.72 Å². The quantitative estimate of drug-likeness (QED) is 0.308. The Bertz CT molecular complexity index is 976. The van der Waals surface area contributed by atoms with Gasteiger partial charge in [0.05, 0.1) is 29.1 Å². The number of aromatic amines is 1. The lowest BCUT2D eigenvalue weighted by Gasteiger charge is -2.05. The number of aromatic nitrogens is 3. The van der Waals surface area contributed by atoms with Gasteiger partial charge in [0.2, 0.25) is 0 Å². The number of ether oxygens (including phenoxy) is 1. The molecule has 0 atom stereocenters. The monoisotopic (exact) mass is 369 g/mol. The summed E-state index contributed by atoms with van der Waals surface area (Å²) in [4.78, 5) is 36.3. The number of Topliss-reactive ketones (excluding diaryl/α,β-unsaturated/α-hetero) is 1. The summed E-state index contributed by atoms with van der Waals surface area (Å²) in [7, 11) is 0. The molecule has 26 heavy (non-hydrogen) atoms. The number of hydrogen-bond donors (Lipinski definition) is 1. The SMILES string of the molecule is CCOC(=O)c1c(C)[nH]c(C(=O)CSc2ncnc3ccccc23)c1C. The number of fused-ring (bicyclic) bond motifs is 1. The number of aryl methyl sites for hydroxylation is 1. The highest BCUT2D eigenvalue weighted by molar-refractivity contribution is 8.00. The maximum Gasteiger partial charge on any atom is 0.340 e. The predicted octanol–water partition coefficient (Wildman–Crippen LogP) is 3.73. The van der Waals surface area contributed by atoms with E-state index in [9.17, 15) is 9.59 Å². The zero-order valence-electron chi connectivity index (χ0n) is 14.8. The third-order valence-corrected chi connectivity index (χ3v) is 5.05. The van der Waals surface area contributed by atoms with Crippen molar-refractivity contribution in [2.45, 2.75) is 25.8 Å². The summed E-state index contributed by atoms with van der Waals surface area (Å²) in [6, 6.07) is 7.68. The van der Waals surface area contributed by atoms with Crippen LogP contribution in [-0.4, -0.2) is 39.1 Å². The highest BCUT2D eigenvalue weighted by Crippen LogP contribution is 2.26. The average Bonchev–Trinajstić information content (AvgIpc) is 2.94. The number of rotatable bonds is 6. The molecular formula is C19H19N3O3S. The fraction of sp³-hybridized carbons (Fsp3) is 0.263. The molecule has 0 saturated heterocycles. The summed E-state index contributed by atoms with van der Waals surface area (Å²) in [5, 5.41) is 1.68. The van der Waals surface area contributed by atoms with Crippen LogP contribution >= 0.6 is 11.8 Å². The van der Waals surface area contributed by atoms with E-state index in [-0.39, 0.29) is 11.5 Å². The molecule has 3 aromatic rings. The van der Waals surface area contributed by atoms with Crippen molar-refractivity contribution in [3.8, 4) is 0 Å². The first-order valence-electron chi connectivity index (χ1n) is 8.25. The van der Waals surface area contributed by atoms with Gasteiger partial charge in [-0.25, -0.2) is 14.8 Å². The van der Waals surface area contributed by atoms with Gasteiger partial charge in [0.1, 0.15) is 11.4 Å². The van der Waals surface area contributed by atoms with E-state index >= 15 is 0 Å². The lowest BCUT2D eigenvalue weighted by atomic mass is 10.1. The second kappa shape index (κ2) is 7.70. The minimum Gasteiger partial charge on any atom is -0.462 e. The van der Waals surface area contributed by atoms with Crippen molar-refractivity contribution in [1.82, 2.24) is 15.0 Å². The van der Waals surface area contributed by atoms with Gasteiger partial charge in [-0.2, -0.15) is 0 Å². The molecule has 1 aromatic carbocycles. The number of carbonyl (C=O) groups is 2. The van der Waals surface area contributed by atoms with E-state index in [1.807, 2.05) is 24.3 Å². The largest absolute Gasteiger partial charge is 0.462 e. The molecule has 0 spiro atoms. The predicted molar refractivity (Wildman–Crippen MR) is 101 cm³/mol. The fourth-order valence-corrected chi connectivity index (χ4v) is 3.70. The summed E-state index contributed by atoms with van der Waals surface area (Å²) in [5.74, 6) is -0.287. The van der Waals surface area contributed by atoms with Crippen molar-refractivity contribution in [3.05, 3.63) is 53.1 Å². The molecule has 3 rings (SSSR count). The molecule has 134 valence electrons. The number of H-pyrrole nitrogens is 1. The summed E-state index contributed by atoms with van der Waals surface area (Å²) in [6.07, 6.45) is 1.50. The van der Waals surface area contributed by atoms with Gasteiger partial charge in [0.15, 0.2) is 5.78 Å². The van der Waals surface area contributed by atoms with Crippen molar-refractivity contribution in [2.75, 3.05) is 12.4 Å². The van der Waals surface area contributed by atoms with E-state index in [0.717, 1.165) is 15.9 Å². The number of hydrogen-bond acceptors (Lipinski definition) is 6. The van der Waals surface area contributed by atoms with E-state index in [4.69, 9.17) is 4.74 Å². The normalized spacial score (nSPS) is 10.9. The molecule has 6 nitrogen and oxygen atoms in total. The van der Waals surface area contributed by atoms with E-state index in [1.165, 1.54) is 18.1 Å². The molecule has 2 aromatic heterocycles. The number of thioether (sulfide) groups is 1. The molecule has 0 aliphatic carbocycles. The smallest absolute Gasteiger partial charge is 0.340 e. The summed E-state index contributed by atoms with van der Waals surface area (Å²) in [5.41, 5.74) is 2.99. The first-order chi connectivity index (χ1) is 12.5. The Morgan fingerprint density at radius 2 is 1.96 bits per heavy atom. The Morgan fingerprint density at radius 3 is 2.73 bits per heavy atom. The topological polar surface area (TPSA) is 84.9 Å². The van der Waals surface area contributed by atoms with Gasteiger partial charge in [0, 0.05) is 11.1 Å². The number of esters is 1. The van der Waals surface area contributed by atoms with Crippen LogP contribution in [0.3, 0.4) is 0 Å². The van der Waals surface area contributed by atoms with Crippen molar-refractivity contribution in [2.24, 2.45) is 0 Å². The van der Waals surface area contributed by atoms with E-state index < -0.39 is 5.97 Å². The number of ketones is 1. The molecular weight excluding hydrogens is 350 g/mol. The number of nitrogens with zero attached hydrogens (tertiary/aromatic N) is 2. The zero-order valence-corrected chi connectivity index (χ0v) is 15.6. The molecule has 2 heterocycles. The van der Waals surface area contributed by atoms with Crippen molar-refractivity contribution >= 4 is 34.4 Å². The fourth-order valence-electron chi connectivity index (χ4n) is 2.84. The first kappa shape index (κ1) is 18.1. The highest BCUT2D eigenvalue weighted by Gasteiger charge is 2.23. The number of nitrogens with one attached hydrogen (secondary N) is 1. The van der Waals surface area contributed by atoms with Gasteiger partial charge >= 0.3 is 5.97 Å². The van der Waals surface area contributed by atoms with Crippen LogP contribution in [0.5, 0.6) is 0 Å². The van der Waals surface area contributed by atoms with Crippen LogP contribution in [0.25, 0.3) is 10.9 Å². The van der Waals surface area contributed by atoms with E-state index in [1.54, 1.807) is 20.8 Å². The minimum atomic E-state index is -0.410. The molecule has 0 radical (unpaired) electrons. The second-order valence-electron chi connectivity index (χ2n) is 5.75. The standard InChI is InChI=1S/C19H19N3O3S/c1-4-25-19(24)16-11(2)17(22-12(16)3)15(23)9-26-18-13-7-5-6-8-14(13)20-10-21-18/h5-8,10,22H,4,9H2,1-3H3. The highest BCUT2D eigenvalue weighted by atomic mass is 32.2. The third kappa shape index (κ3) is 3.48. The molecule has 7 heteroatoms. The third-order valence-electron chi connectivity index (χ3n) is 4.04. The van der Waals surface area contributed by atoms with E-state index in [2.05, 4.69) is 15.0 Å². The number of carbonyl (C=O) groups excluding carboxylic acids is 2. The number of para-hydroxylation sites is 1. The summed E-state index contributed by atoms with van der Waals surface area (Å²) < 4.78 is 5.07. The Balaban J connectivity index is 1.80. The van der Waals surface area contributed by atoms with Crippen LogP contribution < -0.4 is 0 Å². The second-order valence-corrected chi connectivity index (χ2v) is 6.72. The van der Waals surface area contributed by atoms with Crippen molar-refractivity contribution in [3.63, 3.8) is 0 Å². The average molecular weight is 369 g/mol. The molecule has 0 aliphatic heterocycles. The molecule has 0 aliphatic rings. The zero-order chi connectivity index (χ0) is 18.7. The van der Waals surface area contributed by atoms with Gasteiger partial charge in [-0.3, -0.25) is 4.79 Å². The van der Waals surface area contributed by atoms with Gasteiger partial charge in [-0.1, -0.05) is 30.0 Å². The van der Waals surface area contributed by atoms with Gasteiger partial charge in [-0.05, 0) is 32.4 Å². The summed E-state index contributed by atoms with van der Waals surface area (Å²) in [6.45, 7) is 5.57. The Kier molecular flexibility index (Phi) is 5.37. The van der Waals surface area contributed by atoms with E-state index in [0.29, 0.717) is 29.1 Å². The van der Waals surface area contributed by atoms with Crippen LogP contribution in [-0.2, 0) is 4.74 Å². The van der Waals surface area contributed by atoms with Crippen molar-refractivity contribution < 1.29 is 14.3 Å². The number of benzene rings is 1. The molecule has 0 amide bonds. The van der Waals surface area contributed by atoms with Crippen LogP contribution in [0, 0.1) is 13.8 Å².